The number of imide groups is 1. The minimum atomic E-state index is -2.67. The lowest BCUT2D eigenvalue weighted by Gasteiger charge is -2.43. The standard InChI is InChI=1S/C35H44N4O6S/c1-23(2)30(37-21-34(4,5)32(36)42)31(41)39(24(3)40)29(20-25-12-7-6-8-13-25)35(44,33(43)38-18-19-46-22-38)45-28-17-11-15-26-14-9-10-16-27(26)28/h6-17,23,29-30,37,44H,18-22H2,1-5H3,(H2,36,42)/t29-,30-,35-/m0/s1. The van der Waals surface area contributed by atoms with E-state index in [9.17, 15) is 24.3 Å². The van der Waals surface area contributed by atoms with Crippen molar-refractivity contribution in [1.29, 1.82) is 0 Å². The molecule has 0 radical (unpaired) electrons. The molecule has 10 nitrogen and oxygen atoms in total. The van der Waals surface area contributed by atoms with E-state index in [-0.39, 0.29) is 24.6 Å². The molecule has 46 heavy (non-hydrogen) atoms. The van der Waals surface area contributed by atoms with Crippen LogP contribution in [0.1, 0.15) is 40.2 Å². The molecule has 0 aromatic heterocycles. The second kappa shape index (κ2) is 14.7. The number of nitrogens with two attached hydrogens (primary N) is 1. The van der Waals surface area contributed by atoms with Gasteiger partial charge >= 0.3 is 5.79 Å². The molecular formula is C35H44N4O6S. The first-order chi connectivity index (χ1) is 21.8. The normalized spacial score (nSPS) is 16.1. The molecule has 1 aliphatic heterocycles. The van der Waals surface area contributed by atoms with Crippen LogP contribution < -0.4 is 15.8 Å². The number of rotatable bonds is 13. The van der Waals surface area contributed by atoms with Crippen LogP contribution in [0.15, 0.2) is 72.8 Å². The number of nitrogens with zero attached hydrogens (tertiary/aromatic N) is 2. The van der Waals surface area contributed by atoms with Crippen LogP contribution in [0, 0.1) is 11.3 Å². The summed E-state index contributed by atoms with van der Waals surface area (Å²) in [5.41, 5.74) is 5.28. The minimum Gasteiger partial charge on any atom is -0.451 e. The lowest BCUT2D eigenvalue weighted by atomic mass is 9.90. The van der Waals surface area contributed by atoms with E-state index in [1.54, 1.807) is 50.2 Å². The van der Waals surface area contributed by atoms with Crippen LogP contribution in [-0.4, -0.2) is 81.1 Å². The Labute approximate surface area is 274 Å². The van der Waals surface area contributed by atoms with E-state index < -0.39 is 46.9 Å². The molecule has 4 rings (SSSR count). The molecule has 1 aliphatic rings. The Kier molecular flexibility index (Phi) is 11.1. The molecule has 3 aromatic rings. The van der Waals surface area contributed by atoms with Gasteiger partial charge in [0.05, 0.1) is 17.3 Å². The predicted molar refractivity (Wildman–Crippen MR) is 180 cm³/mol. The quantitative estimate of drug-likeness (QED) is 0.239. The fourth-order valence-corrected chi connectivity index (χ4v) is 6.43. The number of primary amides is 1. The van der Waals surface area contributed by atoms with Gasteiger partial charge in [-0.3, -0.25) is 24.1 Å². The first-order valence-corrected chi connectivity index (χ1v) is 16.6. The second-order valence-corrected chi connectivity index (χ2v) is 13.7. The zero-order chi connectivity index (χ0) is 33.6. The number of hydrogen-bond donors (Lipinski definition) is 3. The van der Waals surface area contributed by atoms with Gasteiger partial charge in [0.2, 0.25) is 17.7 Å². The highest BCUT2D eigenvalue weighted by Gasteiger charge is 2.55. The zero-order valence-electron chi connectivity index (χ0n) is 27.1. The summed E-state index contributed by atoms with van der Waals surface area (Å²) in [6.07, 6.45) is -0.0717. The van der Waals surface area contributed by atoms with Crippen molar-refractivity contribution in [2.45, 2.75) is 58.9 Å². The number of ether oxygens (including phenoxy) is 1. The smallest absolute Gasteiger partial charge is 0.310 e. The summed E-state index contributed by atoms with van der Waals surface area (Å²) in [5.74, 6) is -4.40. The Hall–Kier alpha value is -3.93. The van der Waals surface area contributed by atoms with Crippen LogP contribution >= 0.6 is 11.8 Å². The van der Waals surface area contributed by atoms with Gasteiger partial charge in [-0.1, -0.05) is 80.6 Å². The van der Waals surface area contributed by atoms with E-state index in [1.807, 2.05) is 50.2 Å². The van der Waals surface area contributed by atoms with E-state index >= 15 is 0 Å². The summed E-state index contributed by atoms with van der Waals surface area (Å²) < 4.78 is 6.42. The van der Waals surface area contributed by atoms with Crippen molar-refractivity contribution < 1.29 is 29.0 Å². The first kappa shape index (κ1) is 34.9. The molecule has 1 heterocycles. The Balaban J connectivity index is 1.88. The van der Waals surface area contributed by atoms with Crippen molar-refractivity contribution >= 4 is 46.2 Å². The molecule has 246 valence electrons. The maximum atomic E-state index is 14.5. The molecule has 4 amide bonds. The Bertz CT molecular complexity index is 1550. The third-order valence-electron chi connectivity index (χ3n) is 8.34. The third kappa shape index (κ3) is 7.71. The number of amides is 4. The average molecular weight is 649 g/mol. The highest BCUT2D eigenvalue weighted by atomic mass is 32.2. The summed E-state index contributed by atoms with van der Waals surface area (Å²) in [6.45, 7) is 8.60. The van der Waals surface area contributed by atoms with Crippen molar-refractivity contribution in [2.75, 3.05) is 24.7 Å². The zero-order valence-corrected chi connectivity index (χ0v) is 27.9. The van der Waals surface area contributed by atoms with Gasteiger partial charge in [0.15, 0.2) is 0 Å². The highest BCUT2D eigenvalue weighted by Crippen LogP contribution is 2.34. The van der Waals surface area contributed by atoms with Crippen LogP contribution in [0.3, 0.4) is 0 Å². The van der Waals surface area contributed by atoms with Gasteiger partial charge in [0.25, 0.3) is 5.91 Å². The van der Waals surface area contributed by atoms with Crippen molar-refractivity contribution in [3.63, 3.8) is 0 Å². The van der Waals surface area contributed by atoms with Crippen LogP contribution in [0.25, 0.3) is 10.8 Å². The molecule has 3 aromatic carbocycles. The number of nitrogens with one attached hydrogen (secondary N) is 1. The average Bonchev–Trinajstić information content (AvgIpc) is 3.56. The van der Waals surface area contributed by atoms with Gasteiger partial charge in [-0.15, -0.1) is 11.8 Å². The number of carbonyl (C=O) groups excluding carboxylic acids is 4. The topological polar surface area (TPSA) is 142 Å². The summed E-state index contributed by atoms with van der Waals surface area (Å²) in [7, 11) is 0. The summed E-state index contributed by atoms with van der Waals surface area (Å²) >= 11 is 1.54. The molecular weight excluding hydrogens is 604 g/mol. The fourth-order valence-electron chi connectivity index (χ4n) is 5.49. The van der Waals surface area contributed by atoms with Crippen LogP contribution in [-0.2, 0) is 25.6 Å². The predicted octanol–water partition coefficient (Wildman–Crippen LogP) is 3.55. The second-order valence-electron chi connectivity index (χ2n) is 12.7. The molecule has 0 saturated carbocycles. The maximum absolute atomic E-state index is 14.5. The van der Waals surface area contributed by atoms with Crippen LogP contribution in [0.5, 0.6) is 5.75 Å². The van der Waals surface area contributed by atoms with E-state index in [1.165, 1.54) is 23.6 Å². The third-order valence-corrected chi connectivity index (χ3v) is 9.30. The summed E-state index contributed by atoms with van der Waals surface area (Å²) in [5, 5.41) is 17.4. The van der Waals surface area contributed by atoms with E-state index in [0.717, 1.165) is 10.3 Å². The van der Waals surface area contributed by atoms with Crippen LogP contribution in [0.2, 0.25) is 0 Å². The van der Waals surface area contributed by atoms with Crippen molar-refractivity contribution in [3.05, 3.63) is 78.4 Å². The van der Waals surface area contributed by atoms with Gasteiger partial charge in [-0.05, 0) is 36.8 Å². The molecule has 0 unspecified atom stereocenters. The SMILES string of the molecule is CC(=O)N(C(=O)[C@@H](NCC(C)(C)C(N)=O)C(C)C)[C@@H](Cc1ccccc1)[C@](O)(Oc1cccc2ccccc12)C(=O)N1CCSC1. The number of fused-ring (bicyclic) bond motifs is 1. The lowest BCUT2D eigenvalue weighted by Crippen LogP contribution is -2.68. The van der Waals surface area contributed by atoms with Crippen molar-refractivity contribution in [1.82, 2.24) is 15.1 Å². The molecule has 4 N–H and O–H groups in total. The van der Waals surface area contributed by atoms with Gasteiger partial charge in [0, 0.05) is 37.6 Å². The van der Waals surface area contributed by atoms with E-state index in [0.29, 0.717) is 29.1 Å². The van der Waals surface area contributed by atoms with Gasteiger partial charge in [-0.25, -0.2) is 0 Å². The van der Waals surface area contributed by atoms with Crippen molar-refractivity contribution in [3.8, 4) is 5.75 Å². The lowest BCUT2D eigenvalue weighted by molar-refractivity contribution is -0.207. The largest absolute Gasteiger partial charge is 0.451 e. The van der Waals surface area contributed by atoms with Crippen molar-refractivity contribution in [2.24, 2.45) is 17.1 Å². The van der Waals surface area contributed by atoms with E-state index in [4.69, 9.17) is 10.5 Å². The monoisotopic (exact) mass is 648 g/mol. The number of carbonyl (C=O) groups is 4. The van der Waals surface area contributed by atoms with Gasteiger partial charge in [0.1, 0.15) is 11.8 Å². The number of benzene rings is 3. The molecule has 0 bridgehead atoms. The van der Waals surface area contributed by atoms with Crippen LogP contribution in [0.4, 0.5) is 0 Å². The molecule has 0 spiro atoms. The molecule has 0 aliphatic carbocycles. The van der Waals surface area contributed by atoms with Gasteiger partial charge in [-0.2, -0.15) is 0 Å². The fraction of sp³-hybridized carbons (Fsp3) is 0.429. The number of aliphatic hydroxyl groups is 1. The maximum Gasteiger partial charge on any atom is 0.310 e. The highest BCUT2D eigenvalue weighted by molar-refractivity contribution is 7.99. The van der Waals surface area contributed by atoms with E-state index in [2.05, 4.69) is 5.32 Å². The number of thioether (sulfide) groups is 1. The molecule has 11 heteroatoms. The minimum absolute atomic E-state index is 0.0622. The Morgan fingerprint density at radius 1 is 1.02 bits per heavy atom. The molecule has 1 saturated heterocycles. The van der Waals surface area contributed by atoms with Gasteiger partial charge < -0.3 is 25.8 Å². The summed E-state index contributed by atoms with van der Waals surface area (Å²) in [6, 6.07) is 19.3. The Morgan fingerprint density at radius 2 is 1.67 bits per heavy atom. The number of hydrogen-bond acceptors (Lipinski definition) is 8. The Morgan fingerprint density at radius 3 is 2.28 bits per heavy atom. The first-order valence-electron chi connectivity index (χ1n) is 15.4. The summed E-state index contributed by atoms with van der Waals surface area (Å²) in [4.78, 5) is 57.1. The molecule has 3 atom stereocenters. The molecule has 1 fully saturated rings.